The predicted octanol–water partition coefficient (Wildman–Crippen LogP) is 4.91. The molecular formula is C27H44O9S2. The highest BCUT2D eigenvalue weighted by molar-refractivity contribution is 7.81. The molecule has 0 heterocycles. The Hall–Kier alpha value is -0.820. The van der Waals surface area contributed by atoms with Crippen LogP contribution in [0.15, 0.2) is 23.3 Å². The van der Waals surface area contributed by atoms with E-state index in [1.807, 2.05) is 13.8 Å². The number of aliphatic hydroxyl groups is 1. The van der Waals surface area contributed by atoms with E-state index >= 15 is 0 Å². The third-order valence-corrected chi connectivity index (χ3v) is 11.4. The van der Waals surface area contributed by atoms with Crippen LogP contribution in [0.3, 0.4) is 0 Å². The van der Waals surface area contributed by atoms with E-state index in [2.05, 4.69) is 26.0 Å². The molecule has 0 aromatic heterocycles. The van der Waals surface area contributed by atoms with Crippen LogP contribution in [0.2, 0.25) is 0 Å². The van der Waals surface area contributed by atoms with E-state index in [0.717, 1.165) is 50.5 Å². The maximum atomic E-state index is 11.5. The van der Waals surface area contributed by atoms with Gasteiger partial charge in [0, 0.05) is 0 Å². The molecule has 3 fully saturated rings. The quantitative estimate of drug-likeness (QED) is 0.257. The summed E-state index contributed by atoms with van der Waals surface area (Å²) in [5.74, 6) is 1.38. The monoisotopic (exact) mass is 576 g/mol. The van der Waals surface area contributed by atoms with Crippen molar-refractivity contribution < 1.29 is 39.4 Å². The summed E-state index contributed by atoms with van der Waals surface area (Å²) in [5.41, 5.74) is 2.04. The van der Waals surface area contributed by atoms with E-state index in [-0.39, 0.29) is 29.3 Å². The molecule has 0 aromatic carbocycles. The summed E-state index contributed by atoms with van der Waals surface area (Å²) in [7, 11) is -9.20. The molecule has 0 aromatic rings. The summed E-state index contributed by atoms with van der Waals surface area (Å²) in [6.45, 7) is 8.55. The molecule has 4 aliphatic carbocycles. The highest BCUT2D eigenvalue weighted by Gasteiger charge is 2.60. The summed E-state index contributed by atoms with van der Waals surface area (Å²) in [6.07, 6.45) is 9.52. The first-order valence-electron chi connectivity index (χ1n) is 13.8. The molecule has 218 valence electrons. The van der Waals surface area contributed by atoms with Crippen LogP contribution in [0, 0.1) is 40.4 Å². The largest absolute Gasteiger partial charge is 0.397 e. The third-order valence-electron chi connectivity index (χ3n) is 10.5. The van der Waals surface area contributed by atoms with Crippen molar-refractivity contribution >= 4 is 20.8 Å². The maximum absolute atomic E-state index is 11.5. The second kappa shape index (κ2) is 10.9. The van der Waals surface area contributed by atoms with Gasteiger partial charge in [-0.3, -0.25) is 9.11 Å². The zero-order valence-electron chi connectivity index (χ0n) is 22.9. The molecule has 11 heteroatoms. The van der Waals surface area contributed by atoms with Gasteiger partial charge in [0.2, 0.25) is 0 Å². The Balaban J connectivity index is 1.57. The maximum Gasteiger partial charge on any atom is 0.397 e. The normalized spacial score (nSPS) is 39.9. The molecule has 0 amide bonds. The van der Waals surface area contributed by atoms with Gasteiger partial charge in [-0.15, -0.1) is 0 Å². The Morgan fingerprint density at radius 1 is 1.11 bits per heavy atom. The molecule has 0 unspecified atom stereocenters. The van der Waals surface area contributed by atoms with E-state index in [1.54, 1.807) is 0 Å². The molecule has 4 aliphatic rings. The molecule has 0 aliphatic heterocycles. The van der Waals surface area contributed by atoms with Crippen LogP contribution in [0.5, 0.6) is 0 Å². The summed E-state index contributed by atoms with van der Waals surface area (Å²) < 4.78 is 74.1. The van der Waals surface area contributed by atoms with E-state index in [4.69, 9.17) is 8.37 Å². The molecular weight excluding hydrogens is 532 g/mol. The minimum absolute atomic E-state index is 0.000389. The number of hydrogen-bond acceptors (Lipinski definition) is 7. The first-order valence-corrected chi connectivity index (χ1v) is 16.5. The fourth-order valence-corrected chi connectivity index (χ4v) is 9.75. The Morgan fingerprint density at radius 3 is 2.45 bits per heavy atom. The summed E-state index contributed by atoms with van der Waals surface area (Å²) in [6, 6.07) is 0. The Labute approximate surface area is 228 Å². The van der Waals surface area contributed by atoms with Gasteiger partial charge in [0.05, 0.1) is 12.7 Å². The third kappa shape index (κ3) is 6.24. The van der Waals surface area contributed by atoms with Crippen molar-refractivity contribution in [3.63, 3.8) is 0 Å². The first kappa shape index (κ1) is 30.1. The van der Waals surface area contributed by atoms with E-state index in [1.165, 1.54) is 5.57 Å². The molecule has 0 saturated heterocycles. The highest BCUT2D eigenvalue weighted by Crippen LogP contribution is 2.67. The second-order valence-corrected chi connectivity index (χ2v) is 15.0. The van der Waals surface area contributed by atoms with Crippen LogP contribution < -0.4 is 0 Å². The molecule has 0 bridgehead atoms. The lowest BCUT2D eigenvalue weighted by Gasteiger charge is -2.59. The highest BCUT2D eigenvalue weighted by atomic mass is 32.3. The predicted molar refractivity (Wildman–Crippen MR) is 143 cm³/mol. The Kier molecular flexibility index (Phi) is 8.62. The topological polar surface area (TPSA) is 147 Å². The van der Waals surface area contributed by atoms with Gasteiger partial charge in [0.15, 0.2) is 0 Å². The fourth-order valence-electron chi connectivity index (χ4n) is 8.90. The van der Waals surface area contributed by atoms with Gasteiger partial charge in [-0.1, -0.05) is 37.1 Å². The van der Waals surface area contributed by atoms with Gasteiger partial charge in [0.25, 0.3) is 0 Å². The number of fused-ring (bicyclic) bond motifs is 5. The molecule has 4 rings (SSSR count). The van der Waals surface area contributed by atoms with Gasteiger partial charge in [-0.05, 0) is 112 Å². The SMILES string of the molecule is CC(C)=CCC[C@@H](COS(=O)(=O)O)[C@H]1CC[C@H]2[C@@H]3CC=C4C[C@H](O)[C@@H](OS(=O)(=O)O)C[C@]4(C)[C@H]3CC[C@]12C. The number of allylic oxidation sites excluding steroid dienone is 3. The van der Waals surface area contributed by atoms with Gasteiger partial charge >= 0.3 is 20.8 Å². The minimum Gasteiger partial charge on any atom is -0.390 e. The van der Waals surface area contributed by atoms with E-state index in [0.29, 0.717) is 30.6 Å². The summed E-state index contributed by atoms with van der Waals surface area (Å²) in [5, 5.41) is 10.6. The zero-order chi connectivity index (χ0) is 28.1. The molecule has 0 radical (unpaired) electrons. The molecule has 9 atom stereocenters. The average molecular weight is 577 g/mol. The first-order chi connectivity index (χ1) is 17.5. The van der Waals surface area contributed by atoms with Gasteiger partial charge < -0.3 is 5.11 Å². The van der Waals surface area contributed by atoms with Gasteiger partial charge in [-0.2, -0.15) is 16.8 Å². The van der Waals surface area contributed by atoms with Crippen LogP contribution >= 0.6 is 0 Å². The summed E-state index contributed by atoms with van der Waals surface area (Å²) in [4.78, 5) is 0. The lowest BCUT2D eigenvalue weighted by molar-refractivity contribution is -0.0852. The number of rotatable bonds is 9. The van der Waals surface area contributed by atoms with Crippen molar-refractivity contribution in [3.8, 4) is 0 Å². The molecule has 3 saturated carbocycles. The van der Waals surface area contributed by atoms with Crippen molar-refractivity contribution in [2.24, 2.45) is 40.4 Å². The number of aliphatic hydroxyl groups excluding tert-OH is 1. The van der Waals surface area contributed by atoms with E-state index < -0.39 is 33.0 Å². The van der Waals surface area contributed by atoms with Crippen molar-refractivity contribution in [2.75, 3.05) is 6.61 Å². The van der Waals surface area contributed by atoms with Crippen LogP contribution in [-0.2, 0) is 29.2 Å². The van der Waals surface area contributed by atoms with Crippen LogP contribution in [-0.4, -0.2) is 49.9 Å². The average Bonchev–Trinajstić information content (AvgIpc) is 3.12. The van der Waals surface area contributed by atoms with Crippen molar-refractivity contribution in [1.82, 2.24) is 0 Å². The standard InChI is InChI=1S/C27H44O9S2/c1-17(2)6-5-7-18(16-35-37(29,30)31)21-10-11-22-20-9-8-19-14-24(28)25(36-38(32,33)34)15-27(19,4)23(20)12-13-26(21,22)3/h6,8,18,20-25,28H,5,7,9-16H2,1-4H3,(H,29,30,31)(H,32,33,34)/t18-,20-,21+,22-,23-,24-,25-,26+,27-/m0/s1. The second-order valence-electron chi connectivity index (χ2n) is 12.9. The number of hydrogen-bond donors (Lipinski definition) is 3. The summed E-state index contributed by atoms with van der Waals surface area (Å²) >= 11 is 0. The van der Waals surface area contributed by atoms with Gasteiger partial charge in [-0.25, -0.2) is 8.37 Å². The van der Waals surface area contributed by atoms with Crippen LogP contribution in [0.25, 0.3) is 0 Å². The van der Waals surface area contributed by atoms with E-state index in [9.17, 15) is 31.0 Å². The lowest BCUT2D eigenvalue weighted by atomic mass is 9.46. The fraction of sp³-hybridized carbons (Fsp3) is 0.852. The lowest BCUT2D eigenvalue weighted by Crippen LogP contribution is -2.54. The van der Waals surface area contributed by atoms with Gasteiger partial charge in [0.1, 0.15) is 6.10 Å². The van der Waals surface area contributed by atoms with Crippen molar-refractivity contribution in [1.29, 1.82) is 0 Å². The van der Waals surface area contributed by atoms with Crippen LogP contribution in [0.4, 0.5) is 0 Å². The molecule has 3 N–H and O–H groups in total. The molecule has 9 nitrogen and oxygen atoms in total. The van der Waals surface area contributed by atoms with Crippen molar-refractivity contribution in [3.05, 3.63) is 23.3 Å². The smallest absolute Gasteiger partial charge is 0.390 e. The minimum atomic E-state index is -4.68. The molecule has 38 heavy (non-hydrogen) atoms. The van der Waals surface area contributed by atoms with Crippen LogP contribution in [0.1, 0.15) is 85.5 Å². The Morgan fingerprint density at radius 2 is 1.82 bits per heavy atom. The molecule has 0 spiro atoms. The van der Waals surface area contributed by atoms with Crippen molar-refractivity contribution in [2.45, 2.75) is 97.7 Å². The zero-order valence-corrected chi connectivity index (χ0v) is 24.5. The Bertz CT molecular complexity index is 1160.